The Bertz CT molecular complexity index is 755. The predicted molar refractivity (Wildman–Crippen MR) is 105 cm³/mol. The first kappa shape index (κ1) is 19.8. The second kappa shape index (κ2) is 9.27. The molecule has 0 heterocycles. The fourth-order valence-corrected chi connectivity index (χ4v) is 2.50. The molecule has 2 aromatic carbocycles. The summed E-state index contributed by atoms with van der Waals surface area (Å²) < 4.78 is 11.6. The van der Waals surface area contributed by atoms with Gasteiger partial charge in [-0.3, -0.25) is 4.79 Å². The highest BCUT2D eigenvalue weighted by Gasteiger charge is 2.13. The number of ether oxygens (including phenoxy) is 2. The lowest BCUT2D eigenvalue weighted by molar-refractivity contribution is 0.0939. The summed E-state index contributed by atoms with van der Waals surface area (Å²) in [5.74, 6) is 1.48. The SMILES string of the molecule is CCOc1ccc(C(=O)N[C@@H](C)CC)cc1COc1ccc(C)c(C)c1. The topological polar surface area (TPSA) is 47.6 Å². The van der Waals surface area contributed by atoms with Gasteiger partial charge in [-0.1, -0.05) is 13.0 Å². The minimum Gasteiger partial charge on any atom is -0.493 e. The molecule has 1 amide bonds. The van der Waals surface area contributed by atoms with Crippen molar-refractivity contribution in [2.24, 2.45) is 0 Å². The van der Waals surface area contributed by atoms with Gasteiger partial charge in [-0.15, -0.1) is 0 Å². The summed E-state index contributed by atoms with van der Waals surface area (Å²) in [6.07, 6.45) is 0.894. The van der Waals surface area contributed by atoms with Crippen LogP contribution >= 0.6 is 0 Å². The lowest BCUT2D eigenvalue weighted by Crippen LogP contribution is -2.32. The van der Waals surface area contributed by atoms with Gasteiger partial charge in [0.15, 0.2) is 0 Å². The minimum absolute atomic E-state index is 0.0742. The maximum Gasteiger partial charge on any atom is 0.251 e. The van der Waals surface area contributed by atoms with Gasteiger partial charge in [-0.05, 0) is 75.6 Å². The Kier molecular flexibility index (Phi) is 7.07. The van der Waals surface area contributed by atoms with Crippen LogP contribution in [0.2, 0.25) is 0 Å². The standard InChI is InChI=1S/C22H29NO3/c1-6-17(5)23-22(24)18-9-11-21(25-7-2)19(13-18)14-26-20-10-8-15(3)16(4)12-20/h8-13,17H,6-7,14H2,1-5H3,(H,23,24)/t17-/m0/s1. The average molecular weight is 355 g/mol. The van der Waals surface area contributed by atoms with E-state index in [1.807, 2.05) is 51.1 Å². The first-order chi connectivity index (χ1) is 12.4. The number of rotatable bonds is 8. The van der Waals surface area contributed by atoms with Crippen LogP contribution in [0.25, 0.3) is 0 Å². The van der Waals surface area contributed by atoms with Crippen LogP contribution in [0, 0.1) is 13.8 Å². The molecule has 0 saturated heterocycles. The molecule has 2 aromatic rings. The highest BCUT2D eigenvalue weighted by Crippen LogP contribution is 2.24. The van der Waals surface area contributed by atoms with E-state index in [0.717, 1.165) is 23.5 Å². The Balaban J connectivity index is 2.19. The summed E-state index contributed by atoms with van der Waals surface area (Å²) in [6, 6.07) is 11.7. The van der Waals surface area contributed by atoms with Gasteiger partial charge >= 0.3 is 0 Å². The van der Waals surface area contributed by atoms with Crippen LogP contribution in [-0.4, -0.2) is 18.6 Å². The number of carbonyl (C=O) groups is 1. The molecule has 0 saturated carbocycles. The molecule has 0 spiro atoms. The molecule has 0 aliphatic heterocycles. The zero-order valence-electron chi connectivity index (χ0n) is 16.4. The number of hydrogen-bond acceptors (Lipinski definition) is 3. The number of nitrogens with one attached hydrogen (secondary N) is 1. The first-order valence-corrected chi connectivity index (χ1v) is 9.21. The molecule has 0 bridgehead atoms. The Morgan fingerprint density at radius 3 is 2.46 bits per heavy atom. The Morgan fingerprint density at radius 1 is 1.04 bits per heavy atom. The highest BCUT2D eigenvalue weighted by atomic mass is 16.5. The van der Waals surface area contributed by atoms with E-state index in [1.165, 1.54) is 11.1 Å². The number of benzene rings is 2. The number of aryl methyl sites for hydroxylation is 2. The quantitative estimate of drug-likeness (QED) is 0.739. The fourth-order valence-electron chi connectivity index (χ4n) is 2.50. The highest BCUT2D eigenvalue weighted by molar-refractivity contribution is 5.94. The largest absolute Gasteiger partial charge is 0.493 e. The molecule has 0 aliphatic carbocycles. The van der Waals surface area contributed by atoms with Crippen molar-refractivity contribution in [3.8, 4) is 11.5 Å². The Morgan fingerprint density at radius 2 is 1.81 bits per heavy atom. The fraction of sp³-hybridized carbons (Fsp3) is 0.409. The molecule has 26 heavy (non-hydrogen) atoms. The summed E-state index contributed by atoms with van der Waals surface area (Å²) in [6.45, 7) is 11.0. The second-order valence-corrected chi connectivity index (χ2v) is 6.57. The Labute approximate surface area is 156 Å². The van der Waals surface area contributed by atoms with Crippen molar-refractivity contribution in [3.63, 3.8) is 0 Å². The van der Waals surface area contributed by atoms with Crippen LogP contribution < -0.4 is 14.8 Å². The van der Waals surface area contributed by atoms with E-state index in [1.54, 1.807) is 6.07 Å². The van der Waals surface area contributed by atoms with Crippen molar-refractivity contribution < 1.29 is 14.3 Å². The molecule has 4 heteroatoms. The normalized spacial score (nSPS) is 11.7. The third-order valence-corrected chi connectivity index (χ3v) is 4.49. The zero-order valence-corrected chi connectivity index (χ0v) is 16.4. The maximum atomic E-state index is 12.4. The predicted octanol–water partition coefficient (Wildman–Crippen LogP) is 4.81. The van der Waals surface area contributed by atoms with E-state index in [-0.39, 0.29) is 11.9 Å². The average Bonchev–Trinajstić information content (AvgIpc) is 2.63. The van der Waals surface area contributed by atoms with Crippen LogP contribution in [0.1, 0.15) is 54.2 Å². The second-order valence-electron chi connectivity index (χ2n) is 6.57. The lowest BCUT2D eigenvalue weighted by Gasteiger charge is -2.15. The number of amides is 1. The molecule has 0 radical (unpaired) electrons. The van der Waals surface area contributed by atoms with E-state index >= 15 is 0 Å². The molecule has 0 fully saturated rings. The van der Waals surface area contributed by atoms with Gasteiger partial charge in [0.05, 0.1) is 6.61 Å². The monoisotopic (exact) mass is 355 g/mol. The van der Waals surface area contributed by atoms with Gasteiger partial charge in [0.2, 0.25) is 0 Å². The molecule has 2 rings (SSSR count). The van der Waals surface area contributed by atoms with Crippen molar-refractivity contribution in [1.82, 2.24) is 5.32 Å². The van der Waals surface area contributed by atoms with Gasteiger partial charge in [-0.2, -0.15) is 0 Å². The van der Waals surface area contributed by atoms with Crippen LogP contribution in [0.5, 0.6) is 11.5 Å². The number of carbonyl (C=O) groups excluding carboxylic acids is 1. The van der Waals surface area contributed by atoms with Gasteiger partial charge in [0.25, 0.3) is 5.91 Å². The molecular weight excluding hydrogens is 326 g/mol. The molecule has 0 aliphatic rings. The summed E-state index contributed by atoms with van der Waals surface area (Å²) in [4.78, 5) is 12.4. The lowest BCUT2D eigenvalue weighted by atomic mass is 10.1. The minimum atomic E-state index is -0.0742. The van der Waals surface area contributed by atoms with E-state index < -0.39 is 0 Å². The van der Waals surface area contributed by atoms with Crippen LogP contribution in [0.3, 0.4) is 0 Å². The molecular formula is C22H29NO3. The third kappa shape index (κ3) is 5.25. The molecule has 140 valence electrons. The van der Waals surface area contributed by atoms with Crippen LogP contribution in [-0.2, 0) is 6.61 Å². The van der Waals surface area contributed by atoms with Gasteiger partial charge in [0, 0.05) is 17.2 Å². The van der Waals surface area contributed by atoms with Crippen molar-refractivity contribution in [3.05, 3.63) is 58.7 Å². The summed E-state index contributed by atoms with van der Waals surface area (Å²) >= 11 is 0. The Hall–Kier alpha value is -2.49. The zero-order chi connectivity index (χ0) is 19.1. The van der Waals surface area contributed by atoms with E-state index in [2.05, 4.69) is 19.2 Å². The molecule has 0 unspecified atom stereocenters. The maximum absolute atomic E-state index is 12.4. The summed E-state index contributed by atoms with van der Waals surface area (Å²) in [5.41, 5.74) is 3.90. The van der Waals surface area contributed by atoms with Crippen molar-refractivity contribution in [2.45, 2.75) is 53.7 Å². The van der Waals surface area contributed by atoms with Gasteiger partial charge < -0.3 is 14.8 Å². The molecule has 4 nitrogen and oxygen atoms in total. The molecule has 1 atom stereocenters. The van der Waals surface area contributed by atoms with Crippen LogP contribution in [0.4, 0.5) is 0 Å². The van der Waals surface area contributed by atoms with E-state index in [4.69, 9.17) is 9.47 Å². The third-order valence-electron chi connectivity index (χ3n) is 4.49. The molecule has 1 N–H and O–H groups in total. The van der Waals surface area contributed by atoms with Crippen molar-refractivity contribution >= 4 is 5.91 Å². The number of hydrogen-bond donors (Lipinski definition) is 1. The van der Waals surface area contributed by atoms with E-state index in [0.29, 0.717) is 18.8 Å². The van der Waals surface area contributed by atoms with Crippen molar-refractivity contribution in [2.75, 3.05) is 6.61 Å². The smallest absolute Gasteiger partial charge is 0.251 e. The summed E-state index contributed by atoms with van der Waals surface area (Å²) in [7, 11) is 0. The van der Waals surface area contributed by atoms with Gasteiger partial charge in [0.1, 0.15) is 18.1 Å². The van der Waals surface area contributed by atoms with Crippen LogP contribution in [0.15, 0.2) is 36.4 Å². The van der Waals surface area contributed by atoms with Crippen molar-refractivity contribution in [1.29, 1.82) is 0 Å². The van der Waals surface area contributed by atoms with E-state index in [9.17, 15) is 4.79 Å². The first-order valence-electron chi connectivity index (χ1n) is 9.21. The summed E-state index contributed by atoms with van der Waals surface area (Å²) in [5, 5.41) is 2.99. The molecule has 0 aromatic heterocycles. The van der Waals surface area contributed by atoms with Gasteiger partial charge in [-0.25, -0.2) is 0 Å².